The maximum atomic E-state index is 12.2. The van der Waals surface area contributed by atoms with E-state index in [1.54, 1.807) is 0 Å². The van der Waals surface area contributed by atoms with Gasteiger partial charge in [-0.3, -0.25) is 4.79 Å². The Morgan fingerprint density at radius 3 is 2.08 bits per heavy atom. The monoisotopic (exact) mass is 364 g/mol. The highest BCUT2D eigenvalue weighted by Gasteiger charge is 2.37. The van der Waals surface area contributed by atoms with Gasteiger partial charge in [0.15, 0.2) is 0 Å². The predicted octanol–water partition coefficient (Wildman–Crippen LogP) is 5.28. The number of aliphatic hydroxyl groups is 1. The lowest BCUT2D eigenvalue weighted by Gasteiger charge is -2.31. The molecule has 24 heavy (non-hydrogen) atoms. The van der Waals surface area contributed by atoms with E-state index in [-0.39, 0.29) is 11.6 Å². The topological polar surface area (TPSA) is 46.5 Å². The molecule has 0 saturated heterocycles. The summed E-state index contributed by atoms with van der Waals surface area (Å²) in [6, 6.07) is 5.74. The Morgan fingerprint density at radius 1 is 1.17 bits per heavy atom. The van der Waals surface area contributed by atoms with Crippen LogP contribution in [0.25, 0.3) is 5.76 Å². The van der Waals surface area contributed by atoms with Crippen molar-refractivity contribution in [2.75, 3.05) is 0 Å². The summed E-state index contributed by atoms with van der Waals surface area (Å²) in [5.41, 5.74) is -0.480. The smallest absolute Gasteiger partial charge is 0.454 e. The summed E-state index contributed by atoms with van der Waals surface area (Å²) in [5, 5.41) is 9.61. The zero-order valence-electron chi connectivity index (χ0n) is 13.9. The Bertz CT molecular complexity index is 611. The molecule has 0 atom stereocenters. The highest BCUT2D eigenvalue weighted by atomic mass is 35.5. The van der Waals surface area contributed by atoms with Crippen LogP contribution in [-0.4, -0.2) is 27.5 Å². The summed E-state index contributed by atoms with van der Waals surface area (Å²) < 4.78 is 42.3. The summed E-state index contributed by atoms with van der Waals surface area (Å²) in [7, 11) is 0. The van der Waals surface area contributed by atoms with Gasteiger partial charge >= 0.3 is 6.18 Å². The van der Waals surface area contributed by atoms with E-state index in [1.807, 2.05) is 27.7 Å². The fourth-order valence-corrected chi connectivity index (χ4v) is 2.67. The number of ether oxygens (including phenoxy) is 1. The van der Waals surface area contributed by atoms with Crippen molar-refractivity contribution >= 4 is 23.1 Å². The number of hydrogen-bond donors (Lipinski definition) is 1. The number of carbonyl (C=O) groups excluding carboxylic acids is 1. The van der Waals surface area contributed by atoms with Crippen LogP contribution >= 0.6 is 11.6 Å². The lowest BCUT2D eigenvalue weighted by molar-refractivity contribution is -0.165. The second kappa shape index (κ2) is 7.05. The molecule has 134 valence electrons. The molecule has 0 aliphatic heterocycles. The van der Waals surface area contributed by atoms with E-state index in [4.69, 9.17) is 16.3 Å². The van der Waals surface area contributed by atoms with Crippen molar-refractivity contribution in [3.63, 3.8) is 0 Å². The van der Waals surface area contributed by atoms with Crippen molar-refractivity contribution < 1.29 is 27.8 Å². The number of benzene rings is 1. The Balaban J connectivity index is 2.86. The van der Waals surface area contributed by atoms with E-state index in [1.165, 1.54) is 24.3 Å². The van der Waals surface area contributed by atoms with Crippen LogP contribution in [0, 0.1) is 0 Å². The molecule has 3 nitrogen and oxygen atoms in total. The summed E-state index contributed by atoms with van der Waals surface area (Å²) in [6.07, 6.45) is -4.31. The molecule has 0 heterocycles. The average Bonchev–Trinajstić information content (AvgIpc) is 2.34. The molecular weight excluding hydrogens is 345 g/mol. The number of allylic oxidation sites excluding steroid dienone is 1. The van der Waals surface area contributed by atoms with E-state index in [0.717, 1.165) is 0 Å². The lowest BCUT2D eigenvalue weighted by atomic mass is 9.95. The molecule has 0 fully saturated rings. The van der Waals surface area contributed by atoms with E-state index < -0.39 is 28.2 Å². The predicted molar refractivity (Wildman–Crippen MR) is 87.4 cm³/mol. The second-order valence-electron chi connectivity index (χ2n) is 6.67. The molecule has 0 bridgehead atoms. The first-order chi connectivity index (χ1) is 10.7. The third-order valence-corrected chi connectivity index (χ3v) is 3.07. The highest BCUT2D eigenvalue weighted by molar-refractivity contribution is 6.23. The molecule has 0 aromatic heterocycles. The number of hydrogen-bond acceptors (Lipinski definition) is 3. The lowest BCUT2D eigenvalue weighted by Crippen LogP contribution is -2.35. The second-order valence-corrected chi connectivity index (χ2v) is 7.70. The first-order valence-corrected chi connectivity index (χ1v) is 7.58. The normalized spacial score (nSPS) is 13.8. The molecule has 7 heteroatoms. The Hall–Kier alpha value is -1.69. The molecule has 0 spiro atoms. The molecule has 0 amide bonds. The van der Waals surface area contributed by atoms with Crippen molar-refractivity contribution in [1.29, 1.82) is 0 Å². The number of rotatable bonds is 6. The zero-order chi connectivity index (χ0) is 18.8. The minimum Gasteiger partial charge on any atom is -0.507 e. The summed E-state index contributed by atoms with van der Waals surface area (Å²) in [6.45, 7) is 7.46. The van der Waals surface area contributed by atoms with Crippen LogP contribution in [0.3, 0.4) is 0 Å². The van der Waals surface area contributed by atoms with Crippen molar-refractivity contribution in [3.8, 4) is 5.75 Å². The van der Waals surface area contributed by atoms with Gasteiger partial charge in [-0.05, 0) is 52.0 Å². The SMILES string of the molecule is CC(C)(Cl)CC(C)(C)Oc1ccc(/C(O)=C/C(=O)C(F)(F)F)cc1. The van der Waals surface area contributed by atoms with Gasteiger partial charge in [-0.15, -0.1) is 11.6 Å². The fraction of sp³-hybridized carbons (Fsp3) is 0.471. The van der Waals surface area contributed by atoms with Gasteiger partial charge in [-0.25, -0.2) is 0 Å². The van der Waals surface area contributed by atoms with E-state index in [9.17, 15) is 23.1 Å². The maximum absolute atomic E-state index is 12.2. The summed E-state index contributed by atoms with van der Waals surface area (Å²) in [5.74, 6) is -2.41. The third-order valence-electron chi connectivity index (χ3n) is 2.94. The quantitative estimate of drug-likeness (QED) is 0.424. The molecular formula is C17H20ClF3O3. The maximum Gasteiger partial charge on any atom is 0.454 e. The number of ketones is 1. The molecule has 1 rings (SSSR count). The Labute approximate surface area is 144 Å². The Morgan fingerprint density at radius 2 is 1.67 bits per heavy atom. The third kappa shape index (κ3) is 6.83. The van der Waals surface area contributed by atoms with Crippen LogP contribution in [0.4, 0.5) is 13.2 Å². The van der Waals surface area contributed by atoms with Gasteiger partial charge in [0.25, 0.3) is 5.78 Å². The van der Waals surface area contributed by atoms with Gasteiger partial charge in [-0.1, -0.05) is 0 Å². The van der Waals surface area contributed by atoms with Gasteiger partial charge in [-0.2, -0.15) is 13.2 Å². The average molecular weight is 365 g/mol. The molecule has 0 saturated carbocycles. The van der Waals surface area contributed by atoms with Crippen molar-refractivity contribution in [2.24, 2.45) is 0 Å². The van der Waals surface area contributed by atoms with E-state index >= 15 is 0 Å². The van der Waals surface area contributed by atoms with Crippen LogP contribution in [0.5, 0.6) is 5.75 Å². The van der Waals surface area contributed by atoms with Gasteiger partial charge in [0.05, 0.1) is 0 Å². The highest BCUT2D eigenvalue weighted by Crippen LogP contribution is 2.30. The number of carbonyl (C=O) groups is 1. The molecule has 0 radical (unpaired) electrons. The molecule has 0 unspecified atom stereocenters. The summed E-state index contributed by atoms with van der Waals surface area (Å²) >= 11 is 6.19. The molecule has 1 aromatic carbocycles. The standard InChI is InChI=1S/C17H20ClF3O3/c1-15(2,18)10-16(3,4)24-12-7-5-11(6-8-12)13(22)9-14(23)17(19,20)21/h5-9,22H,10H2,1-4H3/b13-9-. The fourth-order valence-electron chi connectivity index (χ4n) is 2.35. The molecule has 1 N–H and O–H groups in total. The van der Waals surface area contributed by atoms with Crippen molar-refractivity contribution in [3.05, 3.63) is 35.9 Å². The van der Waals surface area contributed by atoms with Crippen LogP contribution in [0.1, 0.15) is 39.7 Å². The van der Waals surface area contributed by atoms with Crippen molar-refractivity contribution in [1.82, 2.24) is 0 Å². The zero-order valence-corrected chi connectivity index (χ0v) is 14.6. The van der Waals surface area contributed by atoms with Crippen LogP contribution in [-0.2, 0) is 4.79 Å². The van der Waals surface area contributed by atoms with Crippen LogP contribution in [0.2, 0.25) is 0 Å². The number of alkyl halides is 4. The van der Waals surface area contributed by atoms with Gasteiger partial charge in [0.2, 0.25) is 0 Å². The first kappa shape index (κ1) is 20.4. The van der Waals surface area contributed by atoms with Crippen LogP contribution in [0.15, 0.2) is 30.3 Å². The van der Waals surface area contributed by atoms with Gasteiger partial charge < -0.3 is 9.84 Å². The van der Waals surface area contributed by atoms with Gasteiger partial charge in [0, 0.05) is 22.9 Å². The van der Waals surface area contributed by atoms with Crippen molar-refractivity contribution in [2.45, 2.75) is 50.8 Å². The number of halogens is 4. The van der Waals surface area contributed by atoms with Crippen LogP contribution < -0.4 is 4.74 Å². The largest absolute Gasteiger partial charge is 0.507 e. The van der Waals surface area contributed by atoms with E-state index in [2.05, 4.69) is 0 Å². The first-order valence-electron chi connectivity index (χ1n) is 7.20. The summed E-state index contributed by atoms with van der Waals surface area (Å²) in [4.78, 5) is 10.4. The van der Waals surface area contributed by atoms with E-state index in [0.29, 0.717) is 12.2 Å². The molecule has 1 aromatic rings. The van der Waals surface area contributed by atoms with Gasteiger partial charge in [0.1, 0.15) is 17.1 Å². The molecule has 0 aliphatic rings. The molecule has 0 aliphatic carbocycles. The number of aliphatic hydroxyl groups excluding tert-OH is 1. The minimum absolute atomic E-state index is 0.0791. The Kier molecular flexibility index (Phi) is 5.98. The minimum atomic E-state index is -5.02.